The van der Waals surface area contributed by atoms with Crippen LogP contribution in [-0.4, -0.2) is 58.7 Å². The molecule has 150 valence electrons. The molecule has 3 heterocycles. The molecule has 4 rings (SSSR count). The number of imide groups is 1. The molecule has 1 saturated heterocycles. The van der Waals surface area contributed by atoms with E-state index >= 15 is 0 Å². The molecule has 2 aromatic rings. The molecule has 0 radical (unpaired) electrons. The highest BCUT2D eigenvalue weighted by Gasteiger charge is 2.36. The van der Waals surface area contributed by atoms with Crippen molar-refractivity contribution in [2.24, 2.45) is 5.92 Å². The standard InChI is InChI=1S/C22H24N4O3/c27-20(15-26-21(28)18-3-1-2-4-19(18)22(26)29)24-13-16-7-11-25(12-8-16)14-17-5-9-23-10-6-17/h1-6,9-10,16H,7-8,11-15H2,(H,24,27). The van der Waals surface area contributed by atoms with Gasteiger partial charge in [0.05, 0.1) is 11.1 Å². The van der Waals surface area contributed by atoms with Crippen molar-refractivity contribution < 1.29 is 14.4 Å². The average Bonchev–Trinajstić information content (AvgIpc) is 2.99. The summed E-state index contributed by atoms with van der Waals surface area (Å²) in [6.07, 6.45) is 5.65. The quantitative estimate of drug-likeness (QED) is 0.757. The maximum absolute atomic E-state index is 12.4. The van der Waals surface area contributed by atoms with Gasteiger partial charge in [0.1, 0.15) is 6.54 Å². The Morgan fingerprint density at radius 2 is 1.62 bits per heavy atom. The number of hydrogen-bond acceptors (Lipinski definition) is 5. The highest BCUT2D eigenvalue weighted by molar-refractivity contribution is 6.22. The van der Waals surface area contributed by atoms with Crippen molar-refractivity contribution in [1.29, 1.82) is 0 Å². The van der Waals surface area contributed by atoms with Gasteiger partial charge in [-0.15, -0.1) is 0 Å². The van der Waals surface area contributed by atoms with E-state index in [1.807, 2.05) is 24.5 Å². The highest BCUT2D eigenvalue weighted by atomic mass is 16.2. The van der Waals surface area contributed by atoms with Crippen LogP contribution in [0.5, 0.6) is 0 Å². The van der Waals surface area contributed by atoms with Crippen LogP contribution >= 0.6 is 0 Å². The van der Waals surface area contributed by atoms with Crippen molar-refractivity contribution in [3.63, 3.8) is 0 Å². The maximum atomic E-state index is 12.4. The Bertz CT molecular complexity index is 872. The van der Waals surface area contributed by atoms with Gasteiger partial charge in [-0.2, -0.15) is 0 Å². The third-order valence-corrected chi connectivity index (χ3v) is 5.63. The molecule has 7 nitrogen and oxygen atoms in total. The number of aromatic nitrogens is 1. The van der Waals surface area contributed by atoms with E-state index < -0.39 is 11.8 Å². The van der Waals surface area contributed by atoms with Gasteiger partial charge in [-0.25, -0.2) is 0 Å². The number of pyridine rings is 1. The lowest BCUT2D eigenvalue weighted by Gasteiger charge is -2.32. The number of carbonyl (C=O) groups is 3. The predicted molar refractivity (Wildman–Crippen MR) is 107 cm³/mol. The Morgan fingerprint density at radius 3 is 2.24 bits per heavy atom. The van der Waals surface area contributed by atoms with Gasteiger partial charge in [0, 0.05) is 25.5 Å². The summed E-state index contributed by atoms with van der Waals surface area (Å²) >= 11 is 0. The van der Waals surface area contributed by atoms with Gasteiger partial charge in [-0.1, -0.05) is 12.1 Å². The summed E-state index contributed by atoms with van der Waals surface area (Å²) in [4.78, 5) is 44.5. The topological polar surface area (TPSA) is 82.6 Å². The number of hydrogen-bond donors (Lipinski definition) is 1. The molecule has 0 spiro atoms. The Kier molecular flexibility index (Phi) is 5.67. The summed E-state index contributed by atoms with van der Waals surface area (Å²) in [6, 6.07) is 10.7. The number of piperidine rings is 1. The lowest BCUT2D eigenvalue weighted by atomic mass is 9.96. The van der Waals surface area contributed by atoms with Gasteiger partial charge < -0.3 is 5.32 Å². The van der Waals surface area contributed by atoms with Gasteiger partial charge in [0.15, 0.2) is 0 Å². The molecule has 1 N–H and O–H groups in total. The van der Waals surface area contributed by atoms with Crippen molar-refractivity contribution in [1.82, 2.24) is 20.1 Å². The van der Waals surface area contributed by atoms with Crippen LogP contribution in [0.1, 0.15) is 39.1 Å². The molecule has 0 aliphatic carbocycles. The van der Waals surface area contributed by atoms with Crippen LogP contribution in [0.2, 0.25) is 0 Å². The number of amides is 3. The fourth-order valence-corrected chi connectivity index (χ4v) is 3.94. The van der Waals surface area contributed by atoms with Crippen LogP contribution in [-0.2, 0) is 11.3 Å². The molecule has 29 heavy (non-hydrogen) atoms. The predicted octanol–water partition coefficient (Wildman–Crippen LogP) is 1.71. The molecule has 1 aromatic carbocycles. The number of rotatable bonds is 6. The van der Waals surface area contributed by atoms with Crippen LogP contribution in [0.4, 0.5) is 0 Å². The number of likely N-dealkylation sites (tertiary alicyclic amines) is 1. The molecule has 1 aromatic heterocycles. The van der Waals surface area contributed by atoms with E-state index in [0.29, 0.717) is 23.6 Å². The van der Waals surface area contributed by atoms with E-state index in [4.69, 9.17) is 0 Å². The molecule has 2 aliphatic rings. The molecule has 0 atom stereocenters. The Balaban J connectivity index is 1.21. The van der Waals surface area contributed by atoms with Gasteiger partial charge in [0.25, 0.3) is 11.8 Å². The van der Waals surface area contributed by atoms with Crippen LogP contribution in [0.3, 0.4) is 0 Å². The largest absolute Gasteiger partial charge is 0.354 e. The van der Waals surface area contributed by atoms with Crippen LogP contribution in [0.15, 0.2) is 48.8 Å². The first-order valence-electron chi connectivity index (χ1n) is 9.95. The highest BCUT2D eigenvalue weighted by Crippen LogP contribution is 2.22. The fraction of sp³-hybridized carbons (Fsp3) is 0.364. The molecule has 7 heteroatoms. The van der Waals surface area contributed by atoms with E-state index in [2.05, 4.69) is 15.2 Å². The second kappa shape index (κ2) is 8.53. The first-order valence-corrected chi connectivity index (χ1v) is 9.95. The Labute approximate surface area is 169 Å². The molecule has 0 bridgehead atoms. The minimum Gasteiger partial charge on any atom is -0.354 e. The average molecular weight is 392 g/mol. The number of nitrogens with zero attached hydrogens (tertiary/aromatic N) is 3. The third-order valence-electron chi connectivity index (χ3n) is 5.63. The van der Waals surface area contributed by atoms with Crippen LogP contribution in [0.25, 0.3) is 0 Å². The summed E-state index contributed by atoms with van der Waals surface area (Å²) in [5, 5.41) is 2.90. The second-order valence-corrected chi connectivity index (χ2v) is 7.62. The van der Waals surface area contributed by atoms with Crippen molar-refractivity contribution in [2.75, 3.05) is 26.2 Å². The molecule has 0 unspecified atom stereocenters. The number of fused-ring (bicyclic) bond motifs is 1. The minimum atomic E-state index is -0.398. The zero-order valence-electron chi connectivity index (χ0n) is 16.2. The smallest absolute Gasteiger partial charge is 0.262 e. The molecule has 3 amide bonds. The number of benzene rings is 1. The zero-order chi connectivity index (χ0) is 20.2. The molecular formula is C22H24N4O3. The Hall–Kier alpha value is -3.06. The first kappa shape index (κ1) is 19.3. The van der Waals surface area contributed by atoms with E-state index in [0.717, 1.165) is 37.4 Å². The lowest BCUT2D eigenvalue weighted by Crippen LogP contribution is -2.43. The molecule has 0 saturated carbocycles. The van der Waals surface area contributed by atoms with Gasteiger partial charge >= 0.3 is 0 Å². The summed E-state index contributed by atoms with van der Waals surface area (Å²) in [5.41, 5.74) is 1.99. The van der Waals surface area contributed by atoms with E-state index in [1.165, 1.54) is 5.56 Å². The monoisotopic (exact) mass is 392 g/mol. The van der Waals surface area contributed by atoms with E-state index in [9.17, 15) is 14.4 Å². The SMILES string of the molecule is O=C(CN1C(=O)c2ccccc2C1=O)NCC1CCN(Cc2ccncc2)CC1. The molecule has 1 fully saturated rings. The summed E-state index contributed by atoms with van der Waals surface area (Å²) < 4.78 is 0. The second-order valence-electron chi connectivity index (χ2n) is 7.62. The zero-order valence-corrected chi connectivity index (χ0v) is 16.2. The maximum Gasteiger partial charge on any atom is 0.262 e. The van der Waals surface area contributed by atoms with Crippen LogP contribution in [0, 0.1) is 5.92 Å². The van der Waals surface area contributed by atoms with Crippen molar-refractivity contribution >= 4 is 17.7 Å². The lowest BCUT2D eigenvalue weighted by molar-refractivity contribution is -0.121. The van der Waals surface area contributed by atoms with Gasteiger partial charge in [0.2, 0.25) is 5.91 Å². The van der Waals surface area contributed by atoms with Gasteiger partial charge in [-0.05, 0) is 61.7 Å². The normalized spacial score (nSPS) is 17.4. The van der Waals surface area contributed by atoms with Crippen molar-refractivity contribution in [3.8, 4) is 0 Å². The summed E-state index contributed by atoms with van der Waals surface area (Å²) in [7, 11) is 0. The van der Waals surface area contributed by atoms with Crippen molar-refractivity contribution in [2.45, 2.75) is 19.4 Å². The summed E-state index contributed by atoms with van der Waals surface area (Å²) in [5.74, 6) is -0.677. The summed E-state index contributed by atoms with van der Waals surface area (Å²) in [6.45, 7) is 3.24. The fourth-order valence-electron chi connectivity index (χ4n) is 3.94. The van der Waals surface area contributed by atoms with E-state index in [-0.39, 0.29) is 12.5 Å². The van der Waals surface area contributed by atoms with E-state index in [1.54, 1.807) is 24.3 Å². The first-order chi connectivity index (χ1) is 14.1. The number of carbonyl (C=O) groups excluding carboxylic acids is 3. The van der Waals surface area contributed by atoms with Crippen LogP contribution < -0.4 is 5.32 Å². The molecular weight excluding hydrogens is 368 g/mol. The van der Waals surface area contributed by atoms with Gasteiger partial charge in [-0.3, -0.25) is 29.2 Å². The Morgan fingerprint density at radius 1 is 1.00 bits per heavy atom. The third kappa shape index (κ3) is 4.35. The number of nitrogens with one attached hydrogen (secondary N) is 1. The van der Waals surface area contributed by atoms with Crippen molar-refractivity contribution in [3.05, 3.63) is 65.5 Å². The molecule has 2 aliphatic heterocycles. The minimum absolute atomic E-state index is 0.229.